The Morgan fingerprint density at radius 1 is 1.00 bits per heavy atom. The average molecular weight is 511 g/mol. The summed E-state index contributed by atoms with van der Waals surface area (Å²) < 4.78 is 0. The van der Waals surface area contributed by atoms with Crippen LogP contribution in [-0.2, 0) is 4.79 Å². The highest BCUT2D eigenvalue weighted by Gasteiger charge is 2.35. The van der Waals surface area contributed by atoms with Crippen molar-refractivity contribution in [2.24, 2.45) is 5.10 Å². The van der Waals surface area contributed by atoms with E-state index in [4.69, 9.17) is 34.8 Å². The van der Waals surface area contributed by atoms with Crippen molar-refractivity contribution in [3.63, 3.8) is 0 Å². The van der Waals surface area contributed by atoms with Crippen LogP contribution in [0.2, 0.25) is 15.1 Å². The maximum atomic E-state index is 13.4. The second kappa shape index (κ2) is 8.91. The van der Waals surface area contributed by atoms with Crippen LogP contribution in [0.5, 0.6) is 0 Å². The highest BCUT2D eigenvalue weighted by atomic mass is 35.5. The van der Waals surface area contributed by atoms with E-state index in [0.29, 0.717) is 49.4 Å². The number of carbonyl (C=O) groups is 1. The Balaban J connectivity index is 1.75. The number of benzene rings is 3. The third-order valence-electron chi connectivity index (χ3n) is 5.90. The molecular weight excluding hydrogens is 493 g/mol. The van der Waals surface area contributed by atoms with E-state index < -0.39 is 6.04 Å². The summed E-state index contributed by atoms with van der Waals surface area (Å²) in [6.45, 7) is 1.43. The number of amides is 1. The third kappa shape index (κ3) is 3.90. The summed E-state index contributed by atoms with van der Waals surface area (Å²) in [5, 5.41) is 8.05. The van der Waals surface area contributed by atoms with Gasteiger partial charge in [-0.1, -0.05) is 77.3 Å². The van der Waals surface area contributed by atoms with Crippen molar-refractivity contribution < 1.29 is 4.79 Å². The number of aromatic nitrogens is 1. The van der Waals surface area contributed by atoms with E-state index in [0.717, 1.165) is 10.9 Å². The van der Waals surface area contributed by atoms with Crippen LogP contribution in [0.1, 0.15) is 30.5 Å². The first-order valence-corrected chi connectivity index (χ1v) is 11.7. The van der Waals surface area contributed by atoms with E-state index in [9.17, 15) is 9.59 Å². The lowest BCUT2D eigenvalue weighted by Gasteiger charge is -2.21. The SMILES string of the molecule is CC(=O)N1N=C(c2c(-c3ccccc3)c3cc(Cl)ccc3[nH]c2=O)C[C@H]1c1cccc(Cl)c1Cl. The number of rotatable bonds is 3. The Kier molecular flexibility index (Phi) is 5.94. The smallest absolute Gasteiger partial charge is 0.258 e. The molecule has 1 N–H and O–H groups in total. The number of hydrogen-bond donors (Lipinski definition) is 1. The number of H-pyrrole nitrogens is 1. The Morgan fingerprint density at radius 2 is 1.76 bits per heavy atom. The molecule has 1 aromatic heterocycles. The Labute approximate surface area is 210 Å². The summed E-state index contributed by atoms with van der Waals surface area (Å²) in [4.78, 5) is 28.9. The molecule has 1 aliphatic heterocycles. The minimum atomic E-state index is -0.489. The lowest BCUT2D eigenvalue weighted by atomic mass is 9.91. The monoisotopic (exact) mass is 509 g/mol. The number of nitrogens with zero attached hydrogens (tertiary/aromatic N) is 2. The van der Waals surface area contributed by atoms with Gasteiger partial charge < -0.3 is 4.98 Å². The number of hydrogen-bond acceptors (Lipinski definition) is 3. The molecule has 1 amide bonds. The van der Waals surface area contributed by atoms with E-state index in [1.54, 1.807) is 24.3 Å². The number of carbonyl (C=O) groups excluding carboxylic acids is 1. The van der Waals surface area contributed by atoms with Gasteiger partial charge in [0.1, 0.15) is 0 Å². The van der Waals surface area contributed by atoms with Crippen LogP contribution in [0.4, 0.5) is 0 Å². The maximum Gasteiger partial charge on any atom is 0.258 e. The molecule has 0 unspecified atom stereocenters. The van der Waals surface area contributed by atoms with Gasteiger partial charge in [0, 0.05) is 34.8 Å². The van der Waals surface area contributed by atoms with Crippen LogP contribution in [0.3, 0.4) is 0 Å². The summed E-state index contributed by atoms with van der Waals surface area (Å²) in [5.74, 6) is -0.266. The zero-order chi connectivity index (χ0) is 24.0. The van der Waals surface area contributed by atoms with E-state index >= 15 is 0 Å². The van der Waals surface area contributed by atoms with Crippen LogP contribution < -0.4 is 5.56 Å². The number of nitrogens with one attached hydrogen (secondary N) is 1. The molecule has 3 aromatic carbocycles. The third-order valence-corrected chi connectivity index (χ3v) is 6.97. The maximum absolute atomic E-state index is 13.4. The molecule has 0 radical (unpaired) electrons. The largest absolute Gasteiger partial charge is 0.321 e. The Morgan fingerprint density at radius 3 is 2.50 bits per heavy atom. The molecule has 0 bridgehead atoms. The predicted molar refractivity (Wildman–Crippen MR) is 138 cm³/mol. The first-order valence-electron chi connectivity index (χ1n) is 10.6. The van der Waals surface area contributed by atoms with Gasteiger partial charge in [-0.05, 0) is 35.4 Å². The van der Waals surface area contributed by atoms with Gasteiger partial charge in [-0.2, -0.15) is 5.10 Å². The highest BCUT2D eigenvalue weighted by Crippen LogP contribution is 2.40. The summed E-state index contributed by atoms with van der Waals surface area (Å²) >= 11 is 19.1. The van der Waals surface area contributed by atoms with Crippen LogP contribution >= 0.6 is 34.8 Å². The molecule has 4 aromatic rings. The number of halogens is 3. The highest BCUT2D eigenvalue weighted by molar-refractivity contribution is 6.42. The molecule has 1 atom stereocenters. The van der Waals surface area contributed by atoms with Gasteiger partial charge in [-0.25, -0.2) is 5.01 Å². The summed E-state index contributed by atoms with van der Waals surface area (Å²) in [7, 11) is 0. The molecule has 1 aliphatic rings. The molecule has 8 heteroatoms. The van der Waals surface area contributed by atoms with Crippen molar-refractivity contribution in [1.29, 1.82) is 0 Å². The van der Waals surface area contributed by atoms with Gasteiger partial charge in [-0.15, -0.1) is 0 Å². The van der Waals surface area contributed by atoms with Crippen molar-refractivity contribution in [3.05, 3.63) is 103 Å². The van der Waals surface area contributed by atoms with Crippen molar-refractivity contribution in [2.75, 3.05) is 0 Å². The quantitative estimate of drug-likeness (QED) is 0.327. The van der Waals surface area contributed by atoms with Gasteiger partial charge in [-0.3, -0.25) is 9.59 Å². The van der Waals surface area contributed by atoms with Gasteiger partial charge in [0.05, 0.1) is 27.4 Å². The van der Waals surface area contributed by atoms with Gasteiger partial charge in [0.25, 0.3) is 5.56 Å². The van der Waals surface area contributed by atoms with Gasteiger partial charge in [0.2, 0.25) is 5.91 Å². The Bertz CT molecular complexity index is 1530. The first kappa shape index (κ1) is 22.7. The lowest BCUT2D eigenvalue weighted by molar-refractivity contribution is -0.130. The molecule has 5 nitrogen and oxygen atoms in total. The normalized spacial score (nSPS) is 15.6. The van der Waals surface area contributed by atoms with E-state index in [2.05, 4.69) is 10.1 Å². The van der Waals surface area contributed by atoms with Gasteiger partial charge >= 0.3 is 0 Å². The predicted octanol–water partition coefficient (Wildman–Crippen LogP) is 6.85. The molecule has 5 rings (SSSR count). The van der Waals surface area contributed by atoms with Crippen LogP contribution in [0.15, 0.2) is 76.6 Å². The fourth-order valence-electron chi connectivity index (χ4n) is 4.42. The van der Waals surface area contributed by atoms with Crippen molar-refractivity contribution >= 4 is 57.3 Å². The van der Waals surface area contributed by atoms with Crippen molar-refractivity contribution in [1.82, 2.24) is 9.99 Å². The van der Waals surface area contributed by atoms with E-state index in [-0.39, 0.29) is 11.5 Å². The van der Waals surface area contributed by atoms with E-state index in [1.165, 1.54) is 11.9 Å². The molecule has 0 aliphatic carbocycles. The summed E-state index contributed by atoms with van der Waals surface area (Å²) in [5.41, 5.74) is 3.47. The molecule has 170 valence electrons. The van der Waals surface area contributed by atoms with E-state index in [1.807, 2.05) is 42.5 Å². The lowest BCUT2D eigenvalue weighted by Crippen LogP contribution is -2.24. The molecule has 34 heavy (non-hydrogen) atoms. The van der Waals surface area contributed by atoms with Crippen molar-refractivity contribution in [2.45, 2.75) is 19.4 Å². The fraction of sp³-hybridized carbons (Fsp3) is 0.115. The Hall–Kier alpha value is -3.12. The molecule has 0 saturated carbocycles. The molecule has 2 heterocycles. The number of pyridine rings is 1. The molecule has 0 saturated heterocycles. The average Bonchev–Trinajstić information content (AvgIpc) is 3.26. The van der Waals surface area contributed by atoms with Gasteiger partial charge in [0.15, 0.2) is 0 Å². The second-order valence-electron chi connectivity index (χ2n) is 8.03. The minimum Gasteiger partial charge on any atom is -0.321 e. The zero-order valence-corrected chi connectivity index (χ0v) is 20.2. The molecule has 0 spiro atoms. The van der Waals surface area contributed by atoms with Crippen LogP contribution in [0, 0.1) is 0 Å². The number of hydrazone groups is 1. The molecule has 0 fully saturated rings. The standard InChI is InChI=1S/C26H18Cl3N3O2/c1-14(33)32-22(17-8-5-9-19(28)25(17)29)13-21(31-32)24-23(15-6-3-2-4-7-15)18-12-16(27)10-11-20(18)30-26(24)34/h2-12,22H,13H2,1H3,(H,30,34)/t22-/m0/s1. The fourth-order valence-corrected chi connectivity index (χ4v) is 5.02. The summed E-state index contributed by atoms with van der Waals surface area (Å²) in [6.07, 6.45) is 0.300. The van der Waals surface area contributed by atoms with Crippen molar-refractivity contribution in [3.8, 4) is 11.1 Å². The topological polar surface area (TPSA) is 65.5 Å². The van der Waals surface area contributed by atoms with Crippen LogP contribution in [-0.4, -0.2) is 21.6 Å². The number of fused-ring (bicyclic) bond motifs is 1. The van der Waals surface area contributed by atoms with Crippen LogP contribution in [0.25, 0.3) is 22.0 Å². The minimum absolute atomic E-state index is 0.266. The molecular formula is C26H18Cl3N3O2. The zero-order valence-electron chi connectivity index (χ0n) is 18.0. The summed E-state index contributed by atoms with van der Waals surface area (Å²) in [6, 6.07) is 19.7. The first-order chi connectivity index (χ1) is 16.3. The number of aromatic amines is 1. The second-order valence-corrected chi connectivity index (χ2v) is 9.25.